The molecule has 8 heteroatoms. The Kier molecular flexibility index (Phi) is 5.15. The van der Waals surface area contributed by atoms with E-state index in [4.69, 9.17) is 4.74 Å². The van der Waals surface area contributed by atoms with Crippen LogP contribution in [0.3, 0.4) is 0 Å². The second-order valence-electron chi connectivity index (χ2n) is 4.39. The Morgan fingerprint density at radius 1 is 1.17 bits per heavy atom. The van der Waals surface area contributed by atoms with E-state index in [0.717, 1.165) is 6.07 Å². The van der Waals surface area contributed by atoms with E-state index in [2.05, 4.69) is 20.9 Å². The summed E-state index contributed by atoms with van der Waals surface area (Å²) in [5, 5.41) is -0.245. The van der Waals surface area contributed by atoms with E-state index in [1.165, 1.54) is 30.3 Å². The van der Waals surface area contributed by atoms with Crippen LogP contribution in [0.4, 0.5) is 13.2 Å². The first kappa shape index (κ1) is 17.1. The Labute approximate surface area is 137 Å². The fourth-order valence-corrected chi connectivity index (χ4v) is 2.05. The molecule has 0 amide bonds. The van der Waals surface area contributed by atoms with Crippen LogP contribution in [0.5, 0.6) is 11.6 Å². The highest BCUT2D eigenvalue weighted by Gasteiger charge is 2.37. The van der Waals surface area contributed by atoms with Gasteiger partial charge in [0.25, 0.3) is 0 Å². The molecular weight excluding hydrogens is 379 g/mol. The quantitative estimate of drug-likeness (QED) is 0.436. The number of nitrogens with zero attached hydrogens (tertiary/aromatic N) is 1. The Morgan fingerprint density at radius 3 is 2.35 bits per heavy atom. The van der Waals surface area contributed by atoms with Gasteiger partial charge in [-0.1, -0.05) is 15.9 Å². The van der Waals surface area contributed by atoms with Crippen molar-refractivity contribution in [1.82, 2.24) is 4.98 Å². The molecule has 0 unspecified atom stereocenters. The minimum absolute atomic E-state index is 0.218. The van der Waals surface area contributed by atoms with E-state index in [1.807, 2.05) is 0 Å². The third-order valence-electron chi connectivity index (χ3n) is 2.80. The third-order valence-corrected chi connectivity index (χ3v) is 3.31. The summed E-state index contributed by atoms with van der Waals surface area (Å²) in [6.07, 6.45) is -4.15. The predicted molar refractivity (Wildman–Crippen MR) is 79.3 cm³/mol. The normalized spacial score (nSPS) is 11.1. The summed E-state index contributed by atoms with van der Waals surface area (Å²) < 4.78 is 44.3. The summed E-state index contributed by atoms with van der Waals surface area (Å²) in [4.78, 5) is 25.5. The first-order valence-corrected chi connectivity index (χ1v) is 7.38. The van der Waals surface area contributed by atoms with Crippen molar-refractivity contribution in [1.29, 1.82) is 0 Å². The number of pyridine rings is 1. The van der Waals surface area contributed by atoms with Crippen molar-refractivity contribution in [3.8, 4) is 11.6 Å². The zero-order chi connectivity index (χ0) is 17.0. The van der Waals surface area contributed by atoms with E-state index in [-0.39, 0.29) is 17.0 Å². The van der Waals surface area contributed by atoms with E-state index in [1.54, 1.807) is 0 Å². The summed E-state index contributed by atoms with van der Waals surface area (Å²) in [5.74, 6) is -0.815. The molecule has 120 valence electrons. The lowest BCUT2D eigenvalue weighted by atomic mass is 10.1. The Balaban J connectivity index is 2.36. The lowest BCUT2D eigenvalue weighted by molar-refractivity contribution is -0.141. The van der Waals surface area contributed by atoms with Gasteiger partial charge >= 0.3 is 6.18 Å². The molecule has 2 aromatic rings. The van der Waals surface area contributed by atoms with Crippen molar-refractivity contribution < 1.29 is 27.5 Å². The van der Waals surface area contributed by atoms with Crippen molar-refractivity contribution in [2.45, 2.75) is 6.18 Å². The molecule has 0 atom stereocenters. The number of aromatic nitrogens is 1. The molecule has 1 aromatic carbocycles. The average Bonchev–Trinajstić information content (AvgIpc) is 2.54. The molecule has 0 saturated heterocycles. The Hall–Kier alpha value is -2.22. The van der Waals surface area contributed by atoms with Crippen LogP contribution < -0.4 is 4.74 Å². The number of benzene rings is 1. The first-order valence-electron chi connectivity index (χ1n) is 6.25. The van der Waals surface area contributed by atoms with Crippen LogP contribution in [0.1, 0.15) is 26.4 Å². The number of carbonyl (C=O) groups excluding carboxylic acids is 2. The van der Waals surface area contributed by atoms with Gasteiger partial charge in [-0.25, -0.2) is 4.98 Å². The van der Waals surface area contributed by atoms with Crippen LogP contribution in [0.2, 0.25) is 0 Å². The third kappa shape index (κ3) is 4.16. The average molecular weight is 388 g/mol. The second-order valence-corrected chi connectivity index (χ2v) is 4.95. The smallest absolute Gasteiger partial charge is 0.434 e. The zero-order valence-electron chi connectivity index (χ0n) is 11.4. The van der Waals surface area contributed by atoms with Gasteiger partial charge in [-0.2, -0.15) is 13.2 Å². The fourth-order valence-electron chi connectivity index (χ4n) is 1.75. The minimum Gasteiger partial charge on any atom is -0.439 e. The summed E-state index contributed by atoms with van der Waals surface area (Å²) in [7, 11) is 0. The summed E-state index contributed by atoms with van der Waals surface area (Å²) in [5.41, 5.74) is -1.43. The number of alkyl halides is 4. The monoisotopic (exact) mass is 387 g/mol. The fraction of sp³-hybridized carbons (Fsp3) is 0.133. The molecule has 1 aromatic heterocycles. The number of rotatable bonds is 5. The van der Waals surface area contributed by atoms with Gasteiger partial charge in [-0.3, -0.25) is 9.59 Å². The lowest BCUT2D eigenvalue weighted by Gasteiger charge is -2.12. The molecule has 0 bridgehead atoms. The molecule has 23 heavy (non-hydrogen) atoms. The molecule has 1 heterocycles. The van der Waals surface area contributed by atoms with Crippen LogP contribution in [0.25, 0.3) is 0 Å². The standard InChI is InChI=1S/C15H9BrF3NO3/c16-7-12(22)11-5-6-13(20-14(11)15(17,18)19)23-10-3-1-9(8-21)2-4-10/h1-6,8H,7H2. The maximum absolute atomic E-state index is 13.0. The molecule has 0 N–H and O–H groups in total. The number of aldehydes is 1. The highest BCUT2D eigenvalue weighted by atomic mass is 79.9. The first-order chi connectivity index (χ1) is 10.8. The molecule has 0 spiro atoms. The van der Waals surface area contributed by atoms with Crippen molar-refractivity contribution in [3.63, 3.8) is 0 Å². The molecule has 0 saturated carbocycles. The highest BCUT2D eigenvalue weighted by Crippen LogP contribution is 2.33. The molecule has 0 fully saturated rings. The predicted octanol–water partition coefficient (Wildman–Crippen LogP) is 4.28. The highest BCUT2D eigenvalue weighted by molar-refractivity contribution is 9.09. The van der Waals surface area contributed by atoms with Gasteiger partial charge in [0.15, 0.2) is 11.5 Å². The number of Topliss-reactive ketones (excluding diaryl/α,β-unsaturated/α-hetero) is 1. The van der Waals surface area contributed by atoms with E-state index < -0.39 is 23.2 Å². The van der Waals surface area contributed by atoms with Gasteiger partial charge in [0, 0.05) is 17.2 Å². The molecule has 0 aliphatic carbocycles. The number of hydrogen-bond donors (Lipinski definition) is 0. The maximum Gasteiger partial charge on any atom is 0.434 e. The second kappa shape index (κ2) is 6.91. The zero-order valence-corrected chi connectivity index (χ0v) is 13.0. The van der Waals surface area contributed by atoms with Crippen LogP contribution in [0.15, 0.2) is 36.4 Å². The molecule has 0 aliphatic rings. The van der Waals surface area contributed by atoms with Crippen molar-refractivity contribution in [3.05, 3.63) is 53.2 Å². The minimum atomic E-state index is -4.78. The number of hydrogen-bond acceptors (Lipinski definition) is 4. The number of halogens is 4. The summed E-state index contributed by atoms with van der Waals surface area (Å²) in [6.45, 7) is 0. The summed E-state index contributed by atoms with van der Waals surface area (Å²) in [6, 6.07) is 7.96. The van der Waals surface area contributed by atoms with Crippen molar-refractivity contribution >= 4 is 28.0 Å². The molecule has 2 rings (SSSR count). The van der Waals surface area contributed by atoms with Crippen molar-refractivity contribution in [2.24, 2.45) is 0 Å². The van der Waals surface area contributed by atoms with Gasteiger partial charge in [0.1, 0.15) is 12.0 Å². The summed E-state index contributed by atoms with van der Waals surface area (Å²) >= 11 is 2.83. The number of ketones is 1. The van der Waals surface area contributed by atoms with Gasteiger partial charge in [-0.05, 0) is 30.3 Å². The topological polar surface area (TPSA) is 56.3 Å². The number of carbonyl (C=O) groups is 2. The van der Waals surface area contributed by atoms with E-state index in [0.29, 0.717) is 11.8 Å². The molecule has 0 aliphatic heterocycles. The molecular formula is C15H9BrF3NO3. The van der Waals surface area contributed by atoms with E-state index in [9.17, 15) is 22.8 Å². The van der Waals surface area contributed by atoms with Gasteiger partial charge in [-0.15, -0.1) is 0 Å². The van der Waals surface area contributed by atoms with Gasteiger partial charge < -0.3 is 4.74 Å². The lowest BCUT2D eigenvalue weighted by Crippen LogP contribution is -2.16. The maximum atomic E-state index is 13.0. The Morgan fingerprint density at radius 2 is 1.83 bits per heavy atom. The van der Waals surface area contributed by atoms with Crippen LogP contribution in [-0.4, -0.2) is 22.4 Å². The Bertz CT molecular complexity index is 730. The van der Waals surface area contributed by atoms with Crippen LogP contribution in [-0.2, 0) is 6.18 Å². The molecule has 4 nitrogen and oxygen atoms in total. The largest absolute Gasteiger partial charge is 0.439 e. The van der Waals surface area contributed by atoms with Crippen LogP contribution >= 0.6 is 15.9 Å². The van der Waals surface area contributed by atoms with Crippen LogP contribution in [0, 0.1) is 0 Å². The number of ether oxygens (including phenoxy) is 1. The van der Waals surface area contributed by atoms with Crippen molar-refractivity contribution in [2.75, 3.05) is 5.33 Å². The van der Waals surface area contributed by atoms with Gasteiger partial charge in [0.05, 0.1) is 5.33 Å². The SMILES string of the molecule is O=Cc1ccc(Oc2ccc(C(=O)CBr)c(C(F)(F)F)n2)cc1. The van der Waals surface area contributed by atoms with E-state index >= 15 is 0 Å². The van der Waals surface area contributed by atoms with Gasteiger partial charge in [0.2, 0.25) is 5.88 Å². The molecule has 0 radical (unpaired) electrons.